The predicted molar refractivity (Wildman–Crippen MR) is 67.5 cm³/mol. The van der Waals surface area contributed by atoms with E-state index in [1.807, 2.05) is 0 Å². The van der Waals surface area contributed by atoms with Gasteiger partial charge < -0.3 is 0 Å². The van der Waals surface area contributed by atoms with E-state index in [4.69, 9.17) is 23.2 Å². The van der Waals surface area contributed by atoms with Crippen molar-refractivity contribution in [1.82, 2.24) is 0 Å². The highest BCUT2D eigenvalue weighted by Crippen LogP contribution is 2.23. The summed E-state index contributed by atoms with van der Waals surface area (Å²) in [5.41, 5.74) is 0.661. The molecule has 4 heteroatoms. The van der Waals surface area contributed by atoms with Gasteiger partial charge in [0.05, 0.1) is 5.02 Å². The van der Waals surface area contributed by atoms with E-state index in [0.29, 0.717) is 23.1 Å². The van der Waals surface area contributed by atoms with Crippen LogP contribution < -0.4 is 0 Å². The highest BCUT2D eigenvalue weighted by atomic mass is 35.5. The zero-order chi connectivity index (χ0) is 11.3. The molecule has 0 N–H and O–H groups in total. The SMILES string of the molecule is CC(CCl)CSCc1cccc(Cl)c1F. The van der Waals surface area contributed by atoms with Crippen LogP contribution in [0.4, 0.5) is 4.39 Å². The lowest BCUT2D eigenvalue weighted by Gasteiger charge is -2.07. The zero-order valence-corrected chi connectivity index (χ0v) is 10.8. The smallest absolute Gasteiger partial charge is 0.145 e. The second-order valence-corrected chi connectivity index (χ2v) is 5.23. The molecule has 0 fully saturated rings. The number of rotatable bonds is 5. The van der Waals surface area contributed by atoms with Gasteiger partial charge in [-0.3, -0.25) is 0 Å². The second kappa shape index (κ2) is 6.62. The van der Waals surface area contributed by atoms with Gasteiger partial charge in [0.25, 0.3) is 0 Å². The normalized spacial score (nSPS) is 12.8. The first-order valence-corrected chi connectivity index (χ1v) is 6.78. The monoisotopic (exact) mass is 266 g/mol. The first-order valence-electron chi connectivity index (χ1n) is 4.71. The third-order valence-corrected chi connectivity index (χ3v) is 4.09. The van der Waals surface area contributed by atoms with E-state index >= 15 is 0 Å². The molecule has 0 aliphatic heterocycles. The summed E-state index contributed by atoms with van der Waals surface area (Å²) in [6, 6.07) is 5.10. The van der Waals surface area contributed by atoms with Crippen molar-refractivity contribution in [2.45, 2.75) is 12.7 Å². The average Bonchev–Trinajstić information content (AvgIpc) is 2.24. The Morgan fingerprint density at radius 3 is 2.87 bits per heavy atom. The van der Waals surface area contributed by atoms with Gasteiger partial charge in [-0.25, -0.2) is 4.39 Å². The molecule has 0 aliphatic rings. The quantitative estimate of drug-likeness (QED) is 0.703. The van der Waals surface area contributed by atoms with Crippen LogP contribution in [-0.2, 0) is 5.75 Å². The molecule has 1 unspecified atom stereocenters. The Balaban J connectivity index is 2.47. The molecule has 1 aromatic carbocycles. The van der Waals surface area contributed by atoms with Crippen LogP contribution in [0.1, 0.15) is 12.5 Å². The van der Waals surface area contributed by atoms with Gasteiger partial charge in [-0.05, 0) is 23.3 Å². The van der Waals surface area contributed by atoms with Crippen molar-refractivity contribution in [3.63, 3.8) is 0 Å². The van der Waals surface area contributed by atoms with Crippen LogP contribution in [0.25, 0.3) is 0 Å². The van der Waals surface area contributed by atoms with Gasteiger partial charge in [0.2, 0.25) is 0 Å². The van der Waals surface area contributed by atoms with E-state index < -0.39 is 0 Å². The number of benzene rings is 1. The molecular formula is C11H13Cl2FS. The number of hydrogen-bond donors (Lipinski definition) is 0. The second-order valence-electron chi connectivity index (χ2n) is 3.49. The minimum atomic E-state index is -0.301. The highest BCUT2D eigenvalue weighted by molar-refractivity contribution is 7.98. The van der Waals surface area contributed by atoms with Gasteiger partial charge in [-0.2, -0.15) is 11.8 Å². The molecular weight excluding hydrogens is 254 g/mol. The Hall–Kier alpha value is 0.0800. The minimum absolute atomic E-state index is 0.193. The molecule has 0 spiro atoms. The fourth-order valence-electron chi connectivity index (χ4n) is 1.07. The number of hydrogen-bond acceptors (Lipinski definition) is 1. The van der Waals surface area contributed by atoms with E-state index in [0.717, 1.165) is 5.75 Å². The van der Waals surface area contributed by atoms with Gasteiger partial charge in [0.15, 0.2) is 0 Å². The van der Waals surface area contributed by atoms with E-state index in [9.17, 15) is 4.39 Å². The summed E-state index contributed by atoms with van der Waals surface area (Å²) in [6.07, 6.45) is 0. The largest absolute Gasteiger partial charge is 0.205 e. The van der Waals surface area contributed by atoms with Crippen molar-refractivity contribution in [3.05, 3.63) is 34.6 Å². The van der Waals surface area contributed by atoms with Crippen molar-refractivity contribution in [1.29, 1.82) is 0 Å². The summed E-state index contributed by atoms with van der Waals surface area (Å²) in [6.45, 7) is 2.08. The standard InChI is InChI=1S/C11H13Cl2FS/c1-8(5-12)6-15-7-9-3-2-4-10(13)11(9)14/h2-4,8H,5-7H2,1H3. The fraction of sp³-hybridized carbons (Fsp3) is 0.455. The summed E-state index contributed by atoms with van der Waals surface area (Å²) < 4.78 is 13.4. The maximum Gasteiger partial charge on any atom is 0.145 e. The molecule has 1 aromatic rings. The highest BCUT2D eigenvalue weighted by Gasteiger charge is 2.07. The molecule has 0 aliphatic carbocycles. The van der Waals surface area contributed by atoms with Gasteiger partial charge in [0, 0.05) is 11.6 Å². The lowest BCUT2D eigenvalue weighted by atomic mass is 10.2. The topological polar surface area (TPSA) is 0 Å². The summed E-state index contributed by atoms with van der Waals surface area (Å²) in [4.78, 5) is 0. The molecule has 0 heterocycles. The molecule has 0 amide bonds. The molecule has 0 aromatic heterocycles. The van der Waals surface area contributed by atoms with E-state index in [2.05, 4.69) is 6.92 Å². The molecule has 1 rings (SSSR count). The molecule has 0 nitrogen and oxygen atoms in total. The third-order valence-electron chi connectivity index (χ3n) is 1.95. The lowest BCUT2D eigenvalue weighted by molar-refractivity contribution is 0.617. The van der Waals surface area contributed by atoms with E-state index in [-0.39, 0.29) is 10.8 Å². The van der Waals surface area contributed by atoms with Gasteiger partial charge in [-0.15, -0.1) is 11.6 Å². The van der Waals surface area contributed by atoms with E-state index in [1.165, 1.54) is 0 Å². The van der Waals surface area contributed by atoms with Crippen molar-refractivity contribution in [2.24, 2.45) is 5.92 Å². The summed E-state index contributed by atoms with van der Waals surface area (Å²) in [5.74, 6) is 2.39. The van der Waals surface area contributed by atoms with Crippen molar-refractivity contribution in [2.75, 3.05) is 11.6 Å². The van der Waals surface area contributed by atoms with Crippen molar-refractivity contribution >= 4 is 35.0 Å². The Kier molecular flexibility index (Phi) is 5.80. The molecule has 15 heavy (non-hydrogen) atoms. The summed E-state index contributed by atoms with van der Waals surface area (Å²) >= 11 is 13.0. The van der Waals surface area contributed by atoms with Crippen LogP contribution in [0.3, 0.4) is 0 Å². The summed E-state index contributed by atoms with van der Waals surface area (Å²) in [5, 5.41) is 0.193. The molecule has 0 bridgehead atoms. The molecule has 0 saturated heterocycles. The maximum atomic E-state index is 13.4. The molecule has 0 saturated carbocycles. The zero-order valence-electron chi connectivity index (χ0n) is 8.47. The van der Waals surface area contributed by atoms with E-state index in [1.54, 1.807) is 30.0 Å². The van der Waals surface area contributed by atoms with Crippen LogP contribution in [0.2, 0.25) is 5.02 Å². The molecule has 84 valence electrons. The Labute approximate surface area is 104 Å². The van der Waals surface area contributed by atoms with Gasteiger partial charge >= 0.3 is 0 Å². The average molecular weight is 267 g/mol. The minimum Gasteiger partial charge on any atom is -0.205 e. The third kappa shape index (κ3) is 4.21. The number of halogens is 3. The van der Waals surface area contributed by atoms with Gasteiger partial charge in [-0.1, -0.05) is 30.7 Å². The molecule has 1 atom stereocenters. The lowest BCUT2D eigenvalue weighted by Crippen LogP contribution is -2.00. The first-order chi connectivity index (χ1) is 7.15. The van der Waals surface area contributed by atoms with Crippen molar-refractivity contribution < 1.29 is 4.39 Å². The Bertz CT molecular complexity index is 317. The van der Waals surface area contributed by atoms with Crippen LogP contribution in [0, 0.1) is 11.7 Å². The number of thioether (sulfide) groups is 1. The molecule has 0 radical (unpaired) electrons. The first kappa shape index (κ1) is 13.1. The maximum absolute atomic E-state index is 13.4. The van der Waals surface area contributed by atoms with Crippen molar-refractivity contribution in [3.8, 4) is 0 Å². The Morgan fingerprint density at radius 2 is 2.20 bits per heavy atom. The van der Waals surface area contributed by atoms with Crippen LogP contribution >= 0.6 is 35.0 Å². The van der Waals surface area contributed by atoms with Crippen LogP contribution in [-0.4, -0.2) is 11.6 Å². The van der Waals surface area contributed by atoms with Gasteiger partial charge in [0.1, 0.15) is 5.82 Å². The predicted octanol–water partition coefficient (Wildman–Crippen LogP) is 4.59. The fourth-order valence-corrected chi connectivity index (χ4v) is 2.59. The van der Waals surface area contributed by atoms with Crippen LogP contribution in [0.5, 0.6) is 0 Å². The number of alkyl halides is 1. The summed E-state index contributed by atoms with van der Waals surface area (Å²) in [7, 11) is 0. The van der Waals surface area contributed by atoms with Crippen LogP contribution in [0.15, 0.2) is 18.2 Å². The Morgan fingerprint density at radius 1 is 1.47 bits per heavy atom.